The fourth-order valence-corrected chi connectivity index (χ4v) is 1.95. The number of para-hydroxylation sites is 1. The summed E-state index contributed by atoms with van der Waals surface area (Å²) in [5.41, 5.74) is 0.811. The van der Waals surface area contributed by atoms with Gasteiger partial charge in [-0.2, -0.15) is 0 Å². The van der Waals surface area contributed by atoms with Crippen LogP contribution in [0.2, 0.25) is 0 Å². The van der Waals surface area contributed by atoms with Crippen LogP contribution in [0, 0.1) is 0 Å². The minimum absolute atomic E-state index is 0.100. The maximum atomic E-state index is 11.1. The number of ether oxygens (including phenoxy) is 3. The van der Waals surface area contributed by atoms with Gasteiger partial charge in [-0.25, -0.2) is 4.79 Å². The summed E-state index contributed by atoms with van der Waals surface area (Å²) in [6.07, 6.45) is -0.810. The molecule has 0 atom stereocenters. The first-order chi connectivity index (χ1) is 9.10. The molecule has 0 saturated carbocycles. The number of methoxy groups -OCH3 is 1. The van der Waals surface area contributed by atoms with Crippen molar-refractivity contribution >= 4 is 23.0 Å². The van der Waals surface area contributed by atoms with Crippen LogP contribution in [0.4, 0.5) is 4.79 Å². The van der Waals surface area contributed by atoms with Crippen molar-refractivity contribution in [3.63, 3.8) is 0 Å². The summed E-state index contributed by atoms with van der Waals surface area (Å²) in [5.74, 6) is 0.771. The number of rotatable bonds is 3. The van der Waals surface area contributed by atoms with Gasteiger partial charge in [0, 0.05) is 12.1 Å². The van der Waals surface area contributed by atoms with Crippen LogP contribution < -0.4 is 9.47 Å². The molecule has 102 valence electrons. The number of carbonyl (C=O) groups is 2. The molecule has 7 heteroatoms. The van der Waals surface area contributed by atoms with Crippen LogP contribution in [0.25, 0.3) is 0 Å². The molecule has 2 rings (SSSR count). The van der Waals surface area contributed by atoms with Crippen molar-refractivity contribution in [3.05, 3.63) is 23.8 Å². The smallest absolute Gasteiger partial charge is 0.474 e. The van der Waals surface area contributed by atoms with Crippen molar-refractivity contribution in [3.8, 4) is 11.5 Å². The van der Waals surface area contributed by atoms with Gasteiger partial charge in [-0.3, -0.25) is 9.69 Å². The second-order valence-corrected chi connectivity index (χ2v) is 4.34. The molecule has 0 N–H and O–H groups in total. The Morgan fingerprint density at radius 1 is 1.47 bits per heavy atom. The molecule has 0 unspecified atom stereocenters. The number of hydrogen-bond acceptors (Lipinski definition) is 6. The molecule has 0 amide bonds. The van der Waals surface area contributed by atoms with E-state index in [-0.39, 0.29) is 13.3 Å². The molecule has 19 heavy (non-hydrogen) atoms. The zero-order chi connectivity index (χ0) is 13.8. The van der Waals surface area contributed by atoms with E-state index >= 15 is 0 Å². The van der Waals surface area contributed by atoms with E-state index in [2.05, 4.69) is 4.74 Å². The van der Waals surface area contributed by atoms with Crippen LogP contribution >= 0.6 is 11.6 Å². The summed E-state index contributed by atoms with van der Waals surface area (Å²) in [5, 5.41) is -0.450. The average molecular weight is 286 g/mol. The van der Waals surface area contributed by atoms with Crippen molar-refractivity contribution in [1.29, 1.82) is 0 Å². The molecule has 1 aromatic rings. The molecule has 1 aliphatic rings. The second-order valence-electron chi connectivity index (χ2n) is 3.92. The Morgan fingerprint density at radius 2 is 2.26 bits per heavy atom. The van der Waals surface area contributed by atoms with Crippen molar-refractivity contribution < 1.29 is 23.8 Å². The van der Waals surface area contributed by atoms with Crippen LogP contribution in [0.1, 0.15) is 5.56 Å². The maximum Gasteiger partial charge on any atom is 0.513 e. The van der Waals surface area contributed by atoms with E-state index in [0.717, 1.165) is 5.56 Å². The highest BCUT2D eigenvalue weighted by Gasteiger charge is 2.23. The molecule has 0 spiro atoms. The number of nitrogens with zero attached hydrogens (tertiary/aromatic N) is 1. The predicted molar refractivity (Wildman–Crippen MR) is 66.2 cm³/mol. The van der Waals surface area contributed by atoms with Crippen molar-refractivity contribution in [1.82, 2.24) is 4.90 Å². The average Bonchev–Trinajstić information content (AvgIpc) is 2.38. The Bertz CT molecular complexity index is 505. The molecule has 0 radical (unpaired) electrons. The van der Waals surface area contributed by atoms with E-state index in [1.807, 2.05) is 6.07 Å². The number of fused-ring (bicyclic) bond motifs is 1. The third-order valence-corrected chi connectivity index (χ3v) is 2.67. The lowest BCUT2D eigenvalue weighted by molar-refractivity contribution is -0.113. The van der Waals surface area contributed by atoms with E-state index in [4.69, 9.17) is 21.1 Å². The Hall–Kier alpha value is -1.79. The van der Waals surface area contributed by atoms with Crippen LogP contribution in [-0.2, 0) is 16.1 Å². The van der Waals surface area contributed by atoms with Crippen molar-refractivity contribution in [2.24, 2.45) is 0 Å². The van der Waals surface area contributed by atoms with Crippen LogP contribution in [0.3, 0.4) is 0 Å². The lowest BCUT2D eigenvalue weighted by Gasteiger charge is -2.28. The molecular formula is C12H12ClNO5. The third-order valence-electron chi connectivity index (χ3n) is 2.55. The molecule has 6 nitrogen and oxygen atoms in total. The summed E-state index contributed by atoms with van der Waals surface area (Å²) in [7, 11) is 1.23. The molecule has 0 fully saturated rings. The quantitative estimate of drug-likeness (QED) is 0.479. The molecular weight excluding hydrogens is 274 g/mol. The molecule has 0 aliphatic carbocycles. The highest BCUT2D eigenvalue weighted by molar-refractivity contribution is 6.64. The summed E-state index contributed by atoms with van der Waals surface area (Å²) >= 11 is 5.34. The minimum atomic E-state index is -0.810. The first kappa shape index (κ1) is 13.6. The summed E-state index contributed by atoms with van der Waals surface area (Å²) < 4.78 is 14.9. The molecule has 0 aromatic heterocycles. The second kappa shape index (κ2) is 5.90. The Kier molecular flexibility index (Phi) is 4.24. The molecule has 1 heterocycles. The monoisotopic (exact) mass is 285 g/mol. The van der Waals surface area contributed by atoms with E-state index < -0.39 is 11.4 Å². The first-order valence-electron chi connectivity index (χ1n) is 5.51. The zero-order valence-electron chi connectivity index (χ0n) is 10.2. The lowest BCUT2D eigenvalue weighted by atomic mass is 10.1. The normalized spacial score (nSPS) is 14.2. The van der Waals surface area contributed by atoms with Gasteiger partial charge >= 0.3 is 6.16 Å². The standard InChI is InChI=1S/C12H12ClNO5/c1-17-12(16)19-9-4-2-3-8-5-14(6-10(13)15)7-18-11(8)9/h2-4H,5-7H2,1H3. The lowest BCUT2D eigenvalue weighted by Crippen LogP contribution is -2.35. The van der Waals surface area contributed by atoms with Crippen molar-refractivity contribution in [2.45, 2.75) is 6.54 Å². The van der Waals surface area contributed by atoms with E-state index in [0.29, 0.717) is 18.0 Å². The summed E-state index contributed by atoms with van der Waals surface area (Å²) in [4.78, 5) is 23.7. The highest BCUT2D eigenvalue weighted by Crippen LogP contribution is 2.35. The van der Waals surface area contributed by atoms with E-state index in [1.165, 1.54) is 7.11 Å². The van der Waals surface area contributed by atoms with Gasteiger partial charge in [-0.15, -0.1) is 0 Å². The minimum Gasteiger partial charge on any atom is -0.474 e. The Labute approximate surface area is 114 Å². The number of carbonyl (C=O) groups excluding carboxylic acids is 2. The van der Waals surface area contributed by atoms with E-state index in [1.54, 1.807) is 17.0 Å². The van der Waals surface area contributed by atoms with Gasteiger partial charge in [0.15, 0.2) is 11.5 Å². The number of halogens is 1. The van der Waals surface area contributed by atoms with Gasteiger partial charge in [0.25, 0.3) is 0 Å². The summed E-state index contributed by atoms with van der Waals surface area (Å²) in [6, 6.07) is 5.16. The Morgan fingerprint density at radius 3 is 2.95 bits per heavy atom. The highest BCUT2D eigenvalue weighted by atomic mass is 35.5. The maximum absolute atomic E-state index is 11.1. The Balaban J connectivity index is 2.16. The fourth-order valence-electron chi connectivity index (χ4n) is 1.78. The first-order valence-corrected chi connectivity index (χ1v) is 5.89. The predicted octanol–water partition coefficient (Wildman–Crippen LogP) is 1.75. The van der Waals surface area contributed by atoms with Gasteiger partial charge in [-0.1, -0.05) is 12.1 Å². The zero-order valence-corrected chi connectivity index (χ0v) is 11.0. The molecule has 1 aliphatic heterocycles. The van der Waals surface area contributed by atoms with Crippen molar-refractivity contribution in [2.75, 3.05) is 20.4 Å². The number of hydrogen-bond donors (Lipinski definition) is 0. The van der Waals surface area contributed by atoms with Crippen LogP contribution in [-0.4, -0.2) is 36.7 Å². The van der Waals surface area contributed by atoms with Gasteiger partial charge in [0.2, 0.25) is 5.24 Å². The fraction of sp³-hybridized carbons (Fsp3) is 0.333. The molecule has 0 saturated heterocycles. The van der Waals surface area contributed by atoms with Crippen LogP contribution in [0.15, 0.2) is 18.2 Å². The molecule has 1 aromatic carbocycles. The molecule has 0 bridgehead atoms. The SMILES string of the molecule is COC(=O)Oc1cccc2c1OCN(CC(=O)Cl)C2. The largest absolute Gasteiger partial charge is 0.513 e. The van der Waals surface area contributed by atoms with Gasteiger partial charge in [-0.05, 0) is 17.7 Å². The van der Waals surface area contributed by atoms with E-state index in [9.17, 15) is 9.59 Å². The van der Waals surface area contributed by atoms with Crippen LogP contribution in [0.5, 0.6) is 11.5 Å². The van der Waals surface area contributed by atoms with Gasteiger partial charge in [0.1, 0.15) is 6.73 Å². The summed E-state index contributed by atoms with van der Waals surface area (Å²) in [6.45, 7) is 0.794. The topological polar surface area (TPSA) is 65.1 Å². The van der Waals surface area contributed by atoms with Gasteiger partial charge < -0.3 is 14.2 Å². The third kappa shape index (κ3) is 3.36. The van der Waals surface area contributed by atoms with Gasteiger partial charge in [0.05, 0.1) is 13.7 Å². The number of benzene rings is 1.